The molecule has 1 aliphatic heterocycles. The summed E-state index contributed by atoms with van der Waals surface area (Å²) in [5.41, 5.74) is -0.574. The molecule has 1 aromatic heterocycles. The molecule has 0 saturated carbocycles. The van der Waals surface area contributed by atoms with Crippen molar-refractivity contribution in [1.82, 2.24) is 14.5 Å². The first-order valence-corrected chi connectivity index (χ1v) is 9.30. The minimum absolute atomic E-state index is 0.0252. The molecule has 1 aromatic carbocycles. The third kappa shape index (κ3) is 3.79. The summed E-state index contributed by atoms with van der Waals surface area (Å²) in [6.45, 7) is 4.95. The van der Waals surface area contributed by atoms with E-state index < -0.39 is 11.2 Å². The summed E-state index contributed by atoms with van der Waals surface area (Å²) < 4.78 is 1.49. The highest BCUT2D eigenvalue weighted by atomic mass is 16.3. The van der Waals surface area contributed by atoms with Crippen LogP contribution in [0.25, 0.3) is 10.9 Å². The van der Waals surface area contributed by atoms with E-state index in [9.17, 15) is 14.7 Å². The Balaban J connectivity index is 1.69. The molecule has 3 rings (SSSR count). The monoisotopic (exact) mass is 345 g/mol. The number of phenols is 1. The predicted octanol–water partition coefficient (Wildman–Crippen LogP) is 2.44. The van der Waals surface area contributed by atoms with Crippen LogP contribution in [-0.4, -0.2) is 38.7 Å². The zero-order valence-corrected chi connectivity index (χ0v) is 14.8. The number of benzene rings is 1. The molecule has 136 valence electrons. The zero-order valence-electron chi connectivity index (χ0n) is 14.8. The minimum Gasteiger partial charge on any atom is -0.506 e. The van der Waals surface area contributed by atoms with Gasteiger partial charge in [0.15, 0.2) is 0 Å². The van der Waals surface area contributed by atoms with Gasteiger partial charge in [0.1, 0.15) is 11.3 Å². The van der Waals surface area contributed by atoms with Crippen LogP contribution in [0, 0.1) is 0 Å². The van der Waals surface area contributed by atoms with Crippen molar-refractivity contribution in [3.63, 3.8) is 0 Å². The zero-order chi connectivity index (χ0) is 17.8. The Hall–Kier alpha value is -2.08. The van der Waals surface area contributed by atoms with Crippen LogP contribution in [0.15, 0.2) is 27.8 Å². The van der Waals surface area contributed by atoms with Gasteiger partial charge in [0.05, 0.1) is 5.39 Å². The number of hydrogen-bond acceptors (Lipinski definition) is 4. The molecule has 0 spiro atoms. The van der Waals surface area contributed by atoms with Crippen molar-refractivity contribution in [3.8, 4) is 5.75 Å². The van der Waals surface area contributed by atoms with Gasteiger partial charge < -0.3 is 10.0 Å². The van der Waals surface area contributed by atoms with E-state index in [1.54, 1.807) is 12.1 Å². The molecule has 0 amide bonds. The highest BCUT2D eigenvalue weighted by Crippen LogP contribution is 2.22. The molecular weight excluding hydrogens is 318 g/mol. The Labute approximate surface area is 147 Å². The Bertz CT molecular complexity index is 840. The number of likely N-dealkylation sites (tertiary alicyclic amines) is 1. The van der Waals surface area contributed by atoms with Gasteiger partial charge in [-0.2, -0.15) is 0 Å². The molecular formula is C19H27N3O3. The number of hydrogen-bond donors (Lipinski definition) is 2. The van der Waals surface area contributed by atoms with Crippen molar-refractivity contribution in [2.75, 3.05) is 13.1 Å². The molecule has 1 unspecified atom stereocenters. The summed E-state index contributed by atoms with van der Waals surface area (Å²) in [5.74, 6) is -0.0252. The number of unbranched alkanes of at least 4 members (excludes halogenated alkanes) is 1. The molecule has 0 aliphatic carbocycles. The van der Waals surface area contributed by atoms with Crippen LogP contribution < -0.4 is 11.2 Å². The minimum atomic E-state index is -0.455. The van der Waals surface area contributed by atoms with Crippen molar-refractivity contribution < 1.29 is 5.11 Å². The van der Waals surface area contributed by atoms with Crippen molar-refractivity contribution in [1.29, 1.82) is 0 Å². The Morgan fingerprint density at radius 1 is 1.20 bits per heavy atom. The van der Waals surface area contributed by atoms with Crippen LogP contribution in [0.5, 0.6) is 5.75 Å². The van der Waals surface area contributed by atoms with Gasteiger partial charge in [0.2, 0.25) is 0 Å². The van der Waals surface area contributed by atoms with Crippen LogP contribution in [0.3, 0.4) is 0 Å². The van der Waals surface area contributed by atoms with E-state index in [-0.39, 0.29) is 5.75 Å². The van der Waals surface area contributed by atoms with Gasteiger partial charge >= 0.3 is 5.69 Å². The second-order valence-corrected chi connectivity index (χ2v) is 6.89. The van der Waals surface area contributed by atoms with Crippen LogP contribution in [0.4, 0.5) is 0 Å². The predicted molar refractivity (Wildman–Crippen MR) is 99.2 cm³/mol. The molecule has 6 nitrogen and oxygen atoms in total. The highest BCUT2D eigenvalue weighted by molar-refractivity contribution is 5.83. The second-order valence-electron chi connectivity index (χ2n) is 6.89. The standard InChI is InChI=1S/C19H27N3O3/c1-2-14-8-3-4-11-21(14)12-5-6-13-22-17-15(9-7-10-16(17)23)18(24)20-19(22)25/h7,9-10,14,23H,2-6,8,11-13H2,1H3,(H,20,24,25). The molecule has 2 N–H and O–H groups in total. The summed E-state index contributed by atoms with van der Waals surface area (Å²) in [7, 11) is 0. The Kier molecular flexibility index (Phi) is 5.58. The van der Waals surface area contributed by atoms with E-state index in [1.165, 1.54) is 42.9 Å². The maximum Gasteiger partial charge on any atom is 0.328 e. The average molecular weight is 345 g/mol. The second kappa shape index (κ2) is 7.87. The fourth-order valence-corrected chi connectivity index (χ4v) is 3.95. The molecule has 2 heterocycles. The van der Waals surface area contributed by atoms with Crippen LogP contribution in [-0.2, 0) is 6.54 Å². The Morgan fingerprint density at radius 2 is 2.00 bits per heavy atom. The molecule has 1 atom stereocenters. The third-order valence-electron chi connectivity index (χ3n) is 5.29. The van der Waals surface area contributed by atoms with Gasteiger partial charge in [0.25, 0.3) is 5.56 Å². The molecule has 0 bridgehead atoms. The van der Waals surface area contributed by atoms with Crippen molar-refractivity contribution >= 4 is 10.9 Å². The number of aryl methyl sites for hydroxylation is 1. The summed E-state index contributed by atoms with van der Waals surface area (Å²) in [6.07, 6.45) is 6.91. The van der Waals surface area contributed by atoms with Gasteiger partial charge in [-0.15, -0.1) is 0 Å². The van der Waals surface area contributed by atoms with Gasteiger partial charge in [-0.3, -0.25) is 14.3 Å². The highest BCUT2D eigenvalue weighted by Gasteiger charge is 2.20. The number of aromatic hydroxyl groups is 1. The van der Waals surface area contributed by atoms with Crippen molar-refractivity contribution in [3.05, 3.63) is 39.0 Å². The number of H-pyrrole nitrogens is 1. The van der Waals surface area contributed by atoms with Crippen LogP contribution in [0.2, 0.25) is 0 Å². The molecule has 1 saturated heterocycles. The number of rotatable bonds is 6. The number of fused-ring (bicyclic) bond motifs is 1. The van der Waals surface area contributed by atoms with Gasteiger partial charge in [-0.25, -0.2) is 4.79 Å². The first-order chi connectivity index (χ1) is 12.1. The third-order valence-corrected chi connectivity index (χ3v) is 5.29. The molecule has 6 heteroatoms. The number of para-hydroxylation sites is 1. The fourth-order valence-electron chi connectivity index (χ4n) is 3.95. The van der Waals surface area contributed by atoms with Gasteiger partial charge in [-0.05, 0) is 57.3 Å². The normalized spacial score (nSPS) is 18.7. The number of aromatic nitrogens is 2. The summed E-state index contributed by atoms with van der Waals surface area (Å²) >= 11 is 0. The number of phenolic OH excluding ortho intramolecular Hbond substituents is 1. The topological polar surface area (TPSA) is 78.3 Å². The molecule has 0 radical (unpaired) electrons. The van der Waals surface area contributed by atoms with Crippen LogP contribution in [0.1, 0.15) is 45.4 Å². The molecule has 25 heavy (non-hydrogen) atoms. The maximum absolute atomic E-state index is 12.2. The number of nitrogens with one attached hydrogen (secondary N) is 1. The van der Waals surface area contributed by atoms with Crippen molar-refractivity contribution in [2.24, 2.45) is 0 Å². The quantitative estimate of drug-likeness (QED) is 0.788. The van der Waals surface area contributed by atoms with E-state index in [4.69, 9.17) is 0 Å². The van der Waals surface area contributed by atoms with Crippen LogP contribution >= 0.6 is 0 Å². The Morgan fingerprint density at radius 3 is 2.80 bits per heavy atom. The SMILES string of the molecule is CCC1CCCCN1CCCCn1c(=O)[nH]c(=O)c2cccc(O)c21. The lowest BCUT2D eigenvalue weighted by Crippen LogP contribution is -2.39. The largest absolute Gasteiger partial charge is 0.506 e. The summed E-state index contributed by atoms with van der Waals surface area (Å²) in [6, 6.07) is 5.44. The summed E-state index contributed by atoms with van der Waals surface area (Å²) in [5, 5.41) is 10.5. The molecule has 1 aliphatic rings. The van der Waals surface area contributed by atoms with E-state index in [0.29, 0.717) is 23.5 Å². The average Bonchev–Trinajstić information content (AvgIpc) is 2.61. The molecule has 1 fully saturated rings. The molecule has 2 aromatic rings. The smallest absolute Gasteiger partial charge is 0.328 e. The van der Waals surface area contributed by atoms with Gasteiger partial charge in [0, 0.05) is 12.6 Å². The van der Waals surface area contributed by atoms with E-state index in [0.717, 1.165) is 19.4 Å². The lowest BCUT2D eigenvalue weighted by molar-refractivity contribution is 0.141. The fraction of sp³-hybridized carbons (Fsp3) is 0.579. The van der Waals surface area contributed by atoms with E-state index >= 15 is 0 Å². The first kappa shape index (κ1) is 17.7. The van der Waals surface area contributed by atoms with E-state index in [2.05, 4.69) is 16.8 Å². The number of nitrogens with zero attached hydrogens (tertiary/aromatic N) is 2. The van der Waals surface area contributed by atoms with E-state index in [1.807, 2.05) is 0 Å². The lowest BCUT2D eigenvalue weighted by Gasteiger charge is -2.35. The number of aromatic amines is 1. The van der Waals surface area contributed by atoms with Gasteiger partial charge in [-0.1, -0.05) is 19.4 Å². The number of piperidine rings is 1. The first-order valence-electron chi connectivity index (χ1n) is 9.30. The maximum atomic E-state index is 12.2. The summed E-state index contributed by atoms with van der Waals surface area (Å²) in [4.78, 5) is 29.0. The van der Waals surface area contributed by atoms with Crippen molar-refractivity contribution in [2.45, 2.75) is 58.0 Å². The lowest BCUT2D eigenvalue weighted by atomic mass is 10.00.